The predicted molar refractivity (Wildman–Crippen MR) is 121 cm³/mol. The minimum absolute atomic E-state index is 0.0964. The van der Waals surface area contributed by atoms with Crippen molar-refractivity contribution in [1.29, 1.82) is 0 Å². The van der Waals surface area contributed by atoms with E-state index in [1.54, 1.807) is 12.4 Å². The van der Waals surface area contributed by atoms with E-state index in [-0.39, 0.29) is 6.61 Å². The number of hydrogen-bond acceptors (Lipinski definition) is 7. The molecule has 0 fully saturated rings. The van der Waals surface area contributed by atoms with Crippen LogP contribution in [0.25, 0.3) is 21.8 Å². The number of aryl methyl sites for hydroxylation is 1. The van der Waals surface area contributed by atoms with Crippen molar-refractivity contribution in [2.75, 3.05) is 23.4 Å². The number of fused-ring (bicyclic) bond motifs is 2. The minimum Gasteiger partial charge on any atom is -0.396 e. The van der Waals surface area contributed by atoms with Crippen molar-refractivity contribution < 1.29 is 5.11 Å². The van der Waals surface area contributed by atoms with Crippen LogP contribution in [0.15, 0.2) is 61.1 Å². The summed E-state index contributed by atoms with van der Waals surface area (Å²) in [5, 5.41) is 26.2. The Labute approximate surface area is 178 Å². The second-order valence-electron chi connectivity index (χ2n) is 7.24. The van der Waals surface area contributed by atoms with Gasteiger partial charge in [-0.05, 0) is 42.8 Å². The monoisotopic (exact) mass is 414 g/mol. The molecule has 0 atom stereocenters. The first-order valence-corrected chi connectivity index (χ1v) is 10.1. The number of nitrogens with one attached hydrogen (secondary N) is 2. The fourth-order valence-electron chi connectivity index (χ4n) is 3.71. The van der Waals surface area contributed by atoms with E-state index < -0.39 is 0 Å². The number of rotatable bonds is 7. The van der Waals surface area contributed by atoms with E-state index in [0.29, 0.717) is 18.9 Å². The molecular formula is C22H22N8O. The molecule has 5 rings (SSSR count). The average molecular weight is 414 g/mol. The molecule has 5 aromatic rings. The Hall–Kier alpha value is -3.98. The molecule has 0 aliphatic heterocycles. The van der Waals surface area contributed by atoms with Gasteiger partial charge in [-0.1, -0.05) is 6.07 Å². The van der Waals surface area contributed by atoms with Crippen LogP contribution in [-0.2, 0) is 7.05 Å². The highest BCUT2D eigenvalue weighted by molar-refractivity contribution is 5.93. The summed E-state index contributed by atoms with van der Waals surface area (Å²) in [6, 6.07) is 13.9. The van der Waals surface area contributed by atoms with Crippen LogP contribution in [0.5, 0.6) is 0 Å². The molecule has 3 heterocycles. The van der Waals surface area contributed by atoms with Gasteiger partial charge in [0.15, 0.2) is 0 Å². The van der Waals surface area contributed by atoms with Crippen molar-refractivity contribution in [1.82, 2.24) is 29.9 Å². The fourth-order valence-corrected chi connectivity index (χ4v) is 3.71. The lowest BCUT2D eigenvalue weighted by Gasteiger charge is -2.24. The van der Waals surface area contributed by atoms with E-state index in [9.17, 15) is 5.11 Å². The maximum atomic E-state index is 9.42. The average Bonchev–Trinajstić information content (AvgIpc) is 3.41. The first-order chi connectivity index (χ1) is 15.2. The molecule has 0 saturated heterocycles. The van der Waals surface area contributed by atoms with E-state index in [4.69, 9.17) is 4.98 Å². The Kier molecular flexibility index (Phi) is 4.93. The maximum Gasteiger partial charge on any atom is 0.229 e. The molecule has 156 valence electrons. The number of H-pyrrole nitrogens is 1. The van der Waals surface area contributed by atoms with E-state index in [1.165, 1.54) is 0 Å². The second-order valence-corrected chi connectivity index (χ2v) is 7.24. The van der Waals surface area contributed by atoms with Crippen LogP contribution < -0.4 is 10.2 Å². The number of anilines is 4. The molecule has 0 amide bonds. The van der Waals surface area contributed by atoms with Crippen LogP contribution in [0.2, 0.25) is 0 Å². The van der Waals surface area contributed by atoms with E-state index in [0.717, 1.165) is 39.0 Å². The largest absolute Gasteiger partial charge is 0.396 e. The van der Waals surface area contributed by atoms with Gasteiger partial charge in [0.25, 0.3) is 0 Å². The molecule has 9 nitrogen and oxygen atoms in total. The van der Waals surface area contributed by atoms with Gasteiger partial charge in [-0.15, -0.1) is 0 Å². The number of aliphatic hydroxyl groups is 1. The van der Waals surface area contributed by atoms with Crippen molar-refractivity contribution in [3.05, 3.63) is 61.1 Å². The van der Waals surface area contributed by atoms with E-state index in [2.05, 4.69) is 30.5 Å². The molecule has 0 aliphatic carbocycles. The molecule has 0 saturated carbocycles. The third-order valence-corrected chi connectivity index (χ3v) is 5.21. The molecule has 2 aromatic carbocycles. The zero-order valence-corrected chi connectivity index (χ0v) is 17.0. The zero-order valence-electron chi connectivity index (χ0n) is 17.0. The SMILES string of the molecule is Cn1ncc2cc(Nc3nccc(N(CCCO)c4cccc5[nH]ncc45)n3)ccc21. The first-order valence-electron chi connectivity index (χ1n) is 10.1. The number of aromatic amines is 1. The smallest absolute Gasteiger partial charge is 0.229 e. The molecule has 0 radical (unpaired) electrons. The predicted octanol–water partition coefficient (Wildman–Crippen LogP) is 3.50. The summed E-state index contributed by atoms with van der Waals surface area (Å²) in [4.78, 5) is 11.2. The van der Waals surface area contributed by atoms with Gasteiger partial charge in [-0.25, -0.2) is 4.98 Å². The summed E-state index contributed by atoms with van der Waals surface area (Å²) in [7, 11) is 1.92. The zero-order chi connectivity index (χ0) is 21.2. The summed E-state index contributed by atoms with van der Waals surface area (Å²) in [6.07, 6.45) is 5.98. The summed E-state index contributed by atoms with van der Waals surface area (Å²) in [5.74, 6) is 1.23. The Balaban J connectivity index is 1.49. The molecular weight excluding hydrogens is 392 g/mol. The van der Waals surface area contributed by atoms with Crippen molar-refractivity contribution in [2.45, 2.75) is 6.42 Å². The topological polar surface area (TPSA) is 108 Å². The standard InChI is InChI=1S/C22H22N8O/c1-29-19-7-6-16(12-15(19)13-25-29)26-22-23-9-8-21(27-22)30(10-3-11-31)20-5-2-4-18-17(20)14-24-28-18/h2,4-9,12-14,31H,3,10-11H2,1H3,(H,24,28)(H,23,26,27). The first kappa shape index (κ1) is 19.0. The lowest BCUT2D eigenvalue weighted by molar-refractivity contribution is 0.291. The molecule has 31 heavy (non-hydrogen) atoms. The van der Waals surface area contributed by atoms with Gasteiger partial charge in [0.05, 0.1) is 29.1 Å². The Bertz CT molecular complexity index is 1340. The van der Waals surface area contributed by atoms with Crippen LogP contribution in [0.4, 0.5) is 23.1 Å². The van der Waals surface area contributed by atoms with Crippen molar-refractivity contribution >= 4 is 44.9 Å². The summed E-state index contributed by atoms with van der Waals surface area (Å²) >= 11 is 0. The molecule has 0 unspecified atom stereocenters. The van der Waals surface area contributed by atoms with Crippen LogP contribution in [-0.4, -0.2) is 48.2 Å². The minimum atomic E-state index is 0.0964. The van der Waals surface area contributed by atoms with Crippen molar-refractivity contribution in [3.63, 3.8) is 0 Å². The molecule has 0 spiro atoms. The van der Waals surface area contributed by atoms with Gasteiger partial charge >= 0.3 is 0 Å². The Morgan fingerprint density at radius 2 is 2.10 bits per heavy atom. The van der Waals surface area contributed by atoms with Crippen LogP contribution in [0, 0.1) is 0 Å². The molecule has 3 N–H and O–H groups in total. The highest BCUT2D eigenvalue weighted by atomic mass is 16.3. The third kappa shape index (κ3) is 3.66. The number of aliphatic hydroxyl groups excluding tert-OH is 1. The summed E-state index contributed by atoms with van der Waals surface area (Å²) in [5.41, 5.74) is 3.87. The lowest BCUT2D eigenvalue weighted by Crippen LogP contribution is -2.21. The number of hydrogen-bond donors (Lipinski definition) is 3. The lowest BCUT2D eigenvalue weighted by atomic mass is 10.2. The Morgan fingerprint density at radius 3 is 3.00 bits per heavy atom. The quantitative estimate of drug-likeness (QED) is 0.374. The normalized spacial score (nSPS) is 11.3. The Morgan fingerprint density at radius 1 is 1.16 bits per heavy atom. The highest BCUT2D eigenvalue weighted by Crippen LogP contribution is 2.31. The number of aromatic nitrogens is 6. The van der Waals surface area contributed by atoms with Gasteiger partial charge in [0.2, 0.25) is 5.95 Å². The number of nitrogens with zero attached hydrogens (tertiary/aromatic N) is 6. The van der Waals surface area contributed by atoms with Gasteiger partial charge in [-0.3, -0.25) is 9.78 Å². The maximum absolute atomic E-state index is 9.42. The van der Waals surface area contributed by atoms with Crippen molar-refractivity contribution in [3.8, 4) is 0 Å². The van der Waals surface area contributed by atoms with Crippen molar-refractivity contribution in [2.24, 2.45) is 7.05 Å². The molecule has 0 bridgehead atoms. The van der Waals surface area contributed by atoms with Gasteiger partial charge in [0.1, 0.15) is 5.82 Å². The fraction of sp³-hybridized carbons (Fsp3) is 0.182. The summed E-state index contributed by atoms with van der Waals surface area (Å²) < 4.78 is 1.84. The molecule has 3 aromatic heterocycles. The number of benzene rings is 2. The molecule has 0 aliphatic rings. The van der Waals surface area contributed by atoms with Gasteiger partial charge in [-0.2, -0.15) is 15.2 Å². The van der Waals surface area contributed by atoms with Gasteiger partial charge in [0, 0.05) is 42.9 Å². The third-order valence-electron chi connectivity index (χ3n) is 5.21. The van der Waals surface area contributed by atoms with Crippen LogP contribution in [0.3, 0.4) is 0 Å². The van der Waals surface area contributed by atoms with Crippen LogP contribution in [0.1, 0.15) is 6.42 Å². The second kappa shape index (κ2) is 8.04. The molecule has 9 heteroatoms. The summed E-state index contributed by atoms with van der Waals surface area (Å²) in [6.45, 7) is 0.706. The highest BCUT2D eigenvalue weighted by Gasteiger charge is 2.15. The van der Waals surface area contributed by atoms with Crippen LogP contribution >= 0.6 is 0 Å². The van der Waals surface area contributed by atoms with Gasteiger partial charge < -0.3 is 15.3 Å². The van der Waals surface area contributed by atoms with E-state index >= 15 is 0 Å². The van der Waals surface area contributed by atoms with E-state index in [1.807, 2.05) is 60.4 Å².